The van der Waals surface area contributed by atoms with Crippen molar-refractivity contribution in [3.8, 4) is 5.75 Å². The lowest BCUT2D eigenvalue weighted by molar-refractivity contribution is 0.102. The molecular formula is C21H28N4O2. The number of rotatable bonds is 5. The lowest BCUT2D eigenvalue weighted by Crippen LogP contribution is -2.48. The van der Waals surface area contributed by atoms with Crippen molar-refractivity contribution in [2.24, 2.45) is 0 Å². The fourth-order valence-electron chi connectivity index (χ4n) is 3.29. The van der Waals surface area contributed by atoms with Crippen molar-refractivity contribution in [3.05, 3.63) is 48.0 Å². The van der Waals surface area contributed by atoms with E-state index < -0.39 is 0 Å². The topological polar surface area (TPSA) is 70.8 Å². The van der Waals surface area contributed by atoms with Gasteiger partial charge in [0.05, 0.1) is 18.5 Å². The van der Waals surface area contributed by atoms with Gasteiger partial charge in [0.2, 0.25) is 0 Å². The van der Waals surface area contributed by atoms with Gasteiger partial charge in [-0.1, -0.05) is 0 Å². The van der Waals surface area contributed by atoms with Crippen LogP contribution < -0.4 is 20.7 Å². The van der Waals surface area contributed by atoms with Crippen LogP contribution in [0.4, 0.5) is 17.1 Å². The molecule has 1 saturated heterocycles. The van der Waals surface area contributed by atoms with Gasteiger partial charge in [0.15, 0.2) is 0 Å². The molecule has 3 N–H and O–H groups in total. The quantitative estimate of drug-likeness (QED) is 0.794. The number of nitrogens with one attached hydrogen (secondary N) is 1. The van der Waals surface area contributed by atoms with Crippen LogP contribution in [0.15, 0.2) is 42.5 Å². The molecule has 1 fully saturated rings. The average molecular weight is 368 g/mol. The Morgan fingerprint density at radius 2 is 1.74 bits per heavy atom. The molecule has 0 aromatic heterocycles. The molecule has 0 saturated carbocycles. The summed E-state index contributed by atoms with van der Waals surface area (Å²) in [6, 6.07) is 13.5. The number of carbonyl (C=O) groups excluding carboxylic acids is 1. The van der Waals surface area contributed by atoms with Crippen molar-refractivity contribution in [2.75, 3.05) is 49.2 Å². The van der Waals surface area contributed by atoms with Crippen molar-refractivity contribution < 1.29 is 9.53 Å². The first-order valence-corrected chi connectivity index (χ1v) is 9.32. The van der Waals surface area contributed by atoms with Crippen LogP contribution in [0, 0.1) is 0 Å². The number of hydrogen-bond acceptors (Lipinski definition) is 5. The SMILES string of the molecule is COc1ccc(N)c(NC(=O)c2ccc(N3CCN(C(C)C)CC3)cc2)c1. The number of carbonyl (C=O) groups is 1. The summed E-state index contributed by atoms with van der Waals surface area (Å²) in [7, 11) is 1.58. The van der Waals surface area contributed by atoms with Crippen LogP contribution >= 0.6 is 0 Å². The molecule has 1 aliphatic rings. The maximum absolute atomic E-state index is 12.5. The van der Waals surface area contributed by atoms with Crippen molar-refractivity contribution in [3.63, 3.8) is 0 Å². The van der Waals surface area contributed by atoms with Crippen LogP contribution in [0.5, 0.6) is 5.75 Å². The van der Waals surface area contributed by atoms with Gasteiger partial charge in [0, 0.05) is 49.5 Å². The molecule has 27 heavy (non-hydrogen) atoms. The zero-order valence-corrected chi connectivity index (χ0v) is 16.2. The normalized spacial score (nSPS) is 15.0. The minimum Gasteiger partial charge on any atom is -0.497 e. The van der Waals surface area contributed by atoms with Gasteiger partial charge in [0.25, 0.3) is 5.91 Å². The van der Waals surface area contributed by atoms with Crippen LogP contribution in [0.3, 0.4) is 0 Å². The average Bonchev–Trinajstić information content (AvgIpc) is 2.69. The second-order valence-electron chi connectivity index (χ2n) is 7.07. The van der Waals surface area contributed by atoms with Crippen LogP contribution in [-0.4, -0.2) is 50.1 Å². The number of ether oxygens (including phenoxy) is 1. The third kappa shape index (κ3) is 4.52. The maximum atomic E-state index is 12.5. The molecule has 144 valence electrons. The molecule has 2 aromatic carbocycles. The highest BCUT2D eigenvalue weighted by molar-refractivity contribution is 6.06. The summed E-state index contributed by atoms with van der Waals surface area (Å²) in [4.78, 5) is 17.4. The van der Waals surface area contributed by atoms with Crippen molar-refractivity contribution in [1.29, 1.82) is 0 Å². The van der Waals surface area contributed by atoms with Crippen molar-refractivity contribution in [1.82, 2.24) is 4.90 Å². The number of nitrogens with two attached hydrogens (primary N) is 1. The van der Waals surface area contributed by atoms with Crippen molar-refractivity contribution >= 4 is 23.0 Å². The maximum Gasteiger partial charge on any atom is 0.255 e. The predicted molar refractivity (Wildman–Crippen MR) is 111 cm³/mol. The molecule has 3 rings (SSSR count). The molecule has 1 aliphatic heterocycles. The van der Waals surface area contributed by atoms with Crippen LogP contribution in [0.1, 0.15) is 24.2 Å². The van der Waals surface area contributed by atoms with Gasteiger partial charge in [-0.3, -0.25) is 9.69 Å². The van der Waals surface area contributed by atoms with Gasteiger partial charge in [-0.15, -0.1) is 0 Å². The Labute approximate surface area is 160 Å². The highest BCUT2D eigenvalue weighted by atomic mass is 16.5. The van der Waals surface area contributed by atoms with E-state index in [4.69, 9.17) is 10.5 Å². The lowest BCUT2D eigenvalue weighted by Gasteiger charge is -2.38. The standard InChI is InChI=1S/C21H28N4O2/c1-15(2)24-10-12-25(13-11-24)17-6-4-16(5-7-17)21(26)23-20-14-18(27-3)8-9-19(20)22/h4-9,14-15H,10-13,22H2,1-3H3,(H,23,26). The van der Waals surface area contributed by atoms with Gasteiger partial charge < -0.3 is 20.7 Å². The van der Waals surface area contributed by atoms with E-state index in [1.807, 2.05) is 24.3 Å². The van der Waals surface area contributed by atoms with Gasteiger partial charge >= 0.3 is 0 Å². The van der Waals surface area contributed by atoms with Crippen molar-refractivity contribution in [2.45, 2.75) is 19.9 Å². The smallest absolute Gasteiger partial charge is 0.255 e. The van der Waals surface area contributed by atoms with Gasteiger partial charge in [-0.25, -0.2) is 0 Å². The zero-order valence-electron chi connectivity index (χ0n) is 16.2. The van der Waals surface area contributed by atoms with E-state index in [9.17, 15) is 4.79 Å². The monoisotopic (exact) mass is 368 g/mol. The van der Waals surface area contributed by atoms with E-state index in [1.54, 1.807) is 25.3 Å². The van der Waals surface area contributed by atoms with E-state index in [0.717, 1.165) is 31.9 Å². The first kappa shape index (κ1) is 19.0. The fourth-order valence-corrected chi connectivity index (χ4v) is 3.29. The number of amides is 1. The Morgan fingerprint density at radius 1 is 1.07 bits per heavy atom. The molecule has 2 aromatic rings. The first-order chi connectivity index (χ1) is 13.0. The fraction of sp³-hybridized carbons (Fsp3) is 0.381. The molecule has 6 nitrogen and oxygen atoms in total. The molecule has 1 amide bonds. The lowest BCUT2D eigenvalue weighted by atomic mass is 10.1. The zero-order chi connectivity index (χ0) is 19.4. The molecule has 0 spiro atoms. The largest absolute Gasteiger partial charge is 0.497 e. The van der Waals surface area contributed by atoms with E-state index in [1.165, 1.54) is 0 Å². The van der Waals surface area contributed by atoms with Gasteiger partial charge in [0.1, 0.15) is 5.75 Å². The Morgan fingerprint density at radius 3 is 2.33 bits per heavy atom. The van der Waals surface area contributed by atoms with E-state index in [-0.39, 0.29) is 5.91 Å². The van der Waals surface area contributed by atoms with E-state index in [0.29, 0.717) is 28.7 Å². The Bertz CT molecular complexity index is 781. The highest BCUT2D eigenvalue weighted by Crippen LogP contribution is 2.25. The number of piperazine rings is 1. The molecule has 6 heteroatoms. The Kier molecular flexibility index (Phi) is 5.86. The summed E-state index contributed by atoms with van der Waals surface area (Å²) in [5.74, 6) is 0.460. The molecule has 0 bridgehead atoms. The molecule has 0 aliphatic carbocycles. The highest BCUT2D eigenvalue weighted by Gasteiger charge is 2.19. The summed E-state index contributed by atoms with van der Waals surface area (Å²) < 4.78 is 5.19. The van der Waals surface area contributed by atoms with Crippen LogP contribution in [0.2, 0.25) is 0 Å². The Hall–Kier alpha value is -2.73. The van der Waals surface area contributed by atoms with Crippen LogP contribution in [-0.2, 0) is 0 Å². The predicted octanol–water partition coefficient (Wildman–Crippen LogP) is 3.06. The third-order valence-electron chi connectivity index (χ3n) is 5.05. The number of nitrogens with zero attached hydrogens (tertiary/aromatic N) is 2. The number of anilines is 3. The Balaban J connectivity index is 1.64. The van der Waals surface area contributed by atoms with Crippen LogP contribution in [0.25, 0.3) is 0 Å². The second kappa shape index (κ2) is 8.31. The van der Waals surface area contributed by atoms with E-state index in [2.05, 4.69) is 29.0 Å². The summed E-state index contributed by atoms with van der Waals surface area (Å²) >= 11 is 0. The third-order valence-corrected chi connectivity index (χ3v) is 5.05. The molecule has 0 unspecified atom stereocenters. The van der Waals surface area contributed by atoms with E-state index >= 15 is 0 Å². The number of nitrogen functional groups attached to an aromatic ring is 1. The second-order valence-corrected chi connectivity index (χ2v) is 7.07. The molecular weight excluding hydrogens is 340 g/mol. The summed E-state index contributed by atoms with van der Waals surface area (Å²) in [5.41, 5.74) is 8.74. The molecule has 1 heterocycles. The number of hydrogen-bond donors (Lipinski definition) is 2. The summed E-state index contributed by atoms with van der Waals surface area (Å²) in [5, 5.41) is 2.85. The summed E-state index contributed by atoms with van der Waals surface area (Å²) in [6.07, 6.45) is 0. The molecule has 0 atom stereocenters. The minimum atomic E-state index is -0.189. The van der Waals surface area contributed by atoms with Gasteiger partial charge in [-0.05, 0) is 50.2 Å². The number of benzene rings is 2. The minimum absolute atomic E-state index is 0.189. The molecule has 0 radical (unpaired) electrons. The first-order valence-electron chi connectivity index (χ1n) is 9.32. The van der Waals surface area contributed by atoms with Gasteiger partial charge in [-0.2, -0.15) is 0 Å². The number of methoxy groups -OCH3 is 1. The summed E-state index contributed by atoms with van der Waals surface area (Å²) in [6.45, 7) is 8.61.